The first kappa shape index (κ1) is 18.0. The lowest BCUT2D eigenvalue weighted by Gasteiger charge is -2.11. The predicted molar refractivity (Wildman–Crippen MR) is 109 cm³/mol. The minimum atomic E-state index is -0.651. The molecule has 3 aromatic rings. The monoisotopic (exact) mass is 374 g/mol. The summed E-state index contributed by atoms with van der Waals surface area (Å²) >= 11 is 0. The third-order valence-corrected chi connectivity index (χ3v) is 4.96. The van der Waals surface area contributed by atoms with E-state index >= 15 is 0 Å². The van der Waals surface area contributed by atoms with Crippen LogP contribution in [0.5, 0.6) is 0 Å². The number of nitrogens with one attached hydrogen (secondary N) is 2. The third kappa shape index (κ3) is 3.41. The Morgan fingerprint density at radius 2 is 1.86 bits per heavy atom. The number of benzene rings is 2. The van der Waals surface area contributed by atoms with Crippen molar-refractivity contribution >= 4 is 23.3 Å². The van der Waals surface area contributed by atoms with Gasteiger partial charge >= 0.3 is 0 Å². The molecule has 2 N–H and O–H groups in total. The molecule has 0 bridgehead atoms. The molecule has 142 valence electrons. The van der Waals surface area contributed by atoms with Gasteiger partial charge in [-0.2, -0.15) is 5.10 Å². The number of amides is 2. The molecular formula is C22H22N4O2. The average molecular weight is 374 g/mol. The maximum atomic E-state index is 12.5. The molecule has 1 unspecified atom stereocenters. The molecule has 6 heteroatoms. The minimum absolute atomic E-state index is 0.0284. The Kier molecular flexibility index (Phi) is 4.69. The molecule has 0 aliphatic carbocycles. The van der Waals surface area contributed by atoms with Gasteiger partial charge in [0.2, 0.25) is 5.91 Å². The Hall–Kier alpha value is -3.41. The van der Waals surface area contributed by atoms with Gasteiger partial charge in [0.25, 0.3) is 5.91 Å². The summed E-state index contributed by atoms with van der Waals surface area (Å²) in [4.78, 5) is 24.9. The molecular weight excluding hydrogens is 352 g/mol. The Bertz CT molecular complexity index is 1010. The first-order chi connectivity index (χ1) is 13.5. The van der Waals surface area contributed by atoms with Crippen LogP contribution in [0, 0.1) is 0 Å². The van der Waals surface area contributed by atoms with Crippen LogP contribution in [0.1, 0.15) is 37.8 Å². The number of carbonyl (C=O) groups excluding carboxylic acids is 2. The SMILES string of the molecule is CC(C)c1ccc(NC(=O)CC2C(=O)Nc3c(-c4ccccc4)cnn32)cc1. The number of rotatable bonds is 5. The minimum Gasteiger partial charge on any atom is -0.326 e. The van der Waals surface area contributed by atoms with Gasteiger partial charge in [-0.05, 0) is 29.2 Å². The van der Waals surface area contributed by atoms with Crippen LogP contribution in [0.3, 0.4) is 0 Å². The van der Waals surface area contributed by atoms with E-state index in [9.17, 15) is 9.59 Å². The lowest BCUT2D eigenvalue weighted by atomic mass is 10.0. The van der Waals surface area contributed by atoms with Crippen molar-refractivity contribution in [3.05, 3.63) is 66.4 Å². The predicted octanol–water partition coefficient (Wildman–Crippen LogP) is 4.20. The zero-order chi connectivity index (χ0) is 19.7. The quantitative estimate of drug-likeness (QED) is 0.703. The summed E-state index contributed by atoms with van der Waals surface area (Å²) in [5.41, 5.74) is 3.75. The van der Waals surface area contributed by atoms with E-state index in [2.05, 4.69) is 29.6 Å². The molecule has 1 atom stereocenters. The average Bonchev–Trinajstić information content (AvgIpc) is 3.22. The third-order valence-electron chi connectivity index (χ3n) is 4.96. The number of nitrogens with zero attached hydrogens (tertiary/aromatic N) is 2. The number of aromatic nitrogens is 2. The molecule has 6 nitrogen and oxygen atoms in total. The van der Waals surface area contributed by atoms with Crippen LogP contribution < -0.4 is 10.6 Å². The first-order valence-corrected chi connectivity index (χ1v) is 9.36. The van der Waals surface area contributed by atoms with Crippen molar-refractivity contribution in [2.45, 2.75) is 32.2 Å². The zero-order valence-electron chi connectivity index (χ0n) is 15.8. The Morgan fingerprint density at radius 1 is 1.14 bits per heavy atom. The molecule has 0 spiro atoms. The highest BCUT2D eigenvalue weighted by Crippen LogP contribution is 2.35. The molecule has 0 saturated heterocycles. The largest absolute Gasteiger partial charge is 0.326 e. The molecule has 1 aliphatic heterocycles. The summed E-state index contributed by atoms with van der Waals surface area (Å²) in [5, 5.41) is 10.1. The van der Waals surface area contributed by atoms with E-state index in [1.54, 1.807) is 10.9 Å². The van der Waals surface area contributed by atoms with Crippen LogP contribution in [0.2, 0.25) is 0 Å². The maximum Gasteiger partial charge on any atom is 0.251 e. The second-order valence-electron chi connectivity index (χ2n) is 7.25. The van der Waals surface area contributed by atoms with E-state index in [4.69, 9.17) is 0 Å². The summed E-state index contributed by atoms with van der Waals surface area (Å²) in [6.07, 6.45) is 1.75. The van der Waals surface area contributed by atoms with Crippen molar-refractivity contribution < 1.29 is 9.59 Å². The standard InChI is InChI=1S/C22H22N4O2/c1-14(2)15-8-10-17(11-9-15)24-20(27)12-19-22(28)25-21-18(13-23-26(19)21)16-6-4-3-5-7-16/h3-11,13-14,19H,12H2,1-2H3,(H,24,27)(H,25,28). The van der Waals surface area contributed by atoms with Gasteiger partial charge in [-0.25, -0.2) is 4.68 Å². The summed E-state index contributed by atoms with van der Waals surface area (Å²) in [6.45, 7) is 4.25. The van der Waals surface area contributed by atoms with Crippen LogP contribution >= 0.6 is 0 Å². The molecule has 1 aliphatic rings. The van der Waals surface area contributed by atoms with Crippen LogP contribution in [-0.2, 0) is 9.59 Å². The Labute approximate surface area is 163 Å². The number of hydrogen-bond donors (Lipinski definition) is 2. The summed E-state index contributed by atoms with van der Waals surface area (Å²) in [6, 6.07) is 16.9. The number of carbonyl (C=O) groups is 2. The van der Waals surface area contributed by atoms with Crippen LogP contribution in [0.4, 0.5) is 11.5 Å². The van der Waals surface area contributed by atoms with Gasteiger partial charge in [-0.15, -0.1) is 0 Å². The van der Waals surface area contributed by atoms with Gasteiger partial charge in [0.05, 0.1) is 12.6 Å². The summed E-state index contributed by atoms with van der Waals surface area (Å²) in [5.74, 6) is 0.631. The van der Waals surface area contributed by atoms with Crippen molar-refractivity contribution in [2.24, 2.45) is 0 Å². The maximum absolute atomic E-state index is 12.5. The Morgan fingerprint density at radius 3 is 2.54 bits per heavy atom. The van der Waals surface area contributed by atoms with E-state index in [1.165, 1.54) is 5.56 Å². The first-order valence-electron chi connectivity index (χ1n) is 9.36. The van der Waals surface area contributed by atoms with E-state index in [0.717, 1.165) is 16.8 Å². The lowest BCUT2D eigenvalue weighted by Crippen LogP contribution is -2.23. The van der Waals surface area contributed by atoms with Gasteiger partial charge in [-0.3, -0.25) is 9.59 Å². The molecule has 0 radical (unpaired) electrons. The number of hydrogen-bond acceptors (Lipinski definition) is 3. The molecule has 2 amide bonds. The molecule has 4 rings (SSSR count). The van der Waals surface area contributed by atoms with Crippen LogP contribution in [0.25, 0.3) is 11.1 Å². The topological polar surface area (TPSA) is 76.0 Å². The normalized spacial score (nSPS) is 15.4. The van der Waals surface area contributed by atoms with E-state index in [0.29, 0.717) is 11.7 Å². The fraction of sp³-hybridized carbons (Fsp3) is 0.227. The van der Waals surface area contributed by atoms with Crippen molar-refractivity contribution in [2.75, 3.05) is 10.6 Å². The van der Waals surface area contributed by atoms with Gasteiger partial charge in [0.1, 0.15) is 11.9 Å². The van der Waals surface area contributed by atoms with Crippen LogP contribution in [-0.4, -0.2) is 21.6 Å². The molecule has 0 saturated carbocycles. The van der Waals surface area contributed by atoms with Crippen molar-refractivity contribution in [1.82, 2.24) is 9.78 Å². The van der Waals surface area contributed by atoms with Gasteiger partial charge in [0.15, 0.2) is 0 Å². The smallest absolute Gasteiger partial charge is 0.251 e. The van der Waals surface area contributed by atoms with E-state index in [1.807, 2.05) is 54.6 Å². The lowest BCUT2D eigenvalue weighted by molar-refractivity contribution is -0.123. The van der Waals surface area contributed by atoms with Crippen molar-refractivity contribution in [1.29, 1.82) is 0 Å². The fourth-order valence-corrected chi connectivity index (χ4v) is 3.38. The van der Waals surface area contributed by atoms with Gasteiger partial charge in [-0.1, -0.05) is 56.3 Å². The highest BCUT2D eigenvalue weighted by atomic mass is 16.2. The van der Waals surface area contributed by atoms with Crippen molar-refractivity contribution in [3.63, 3.8) is 0 Å². The molecule has 2 aromatic carbocycles. The highest BCUT2D eigenvalue weighted by Gasteiger charge is 2.35. The number of anilines is 2. The van der Waals surface area contributed by atoms with E-state index in [-0.39, 0.29) is 18.2 Å². The molecule has 2 heterocycles. The Balaban J connectivity index is 1.48. The van der Waals surface area contributed by atoms with E-state index < -0.39 is 6.04 Å². The highest BCUT2D eigenvalue weighted by molar-refractivity contribution is 6.04. The molecule has 1 aromatic heterocycles. The fourth-order valence-electron chi connectivity index (χ4n) is 3.38. The number of fused-ring (bicyclic) bond motifs is 1. The summed E-state index contributed by atoms with van der Waals surface area (Å²) in [7, 11) is 0. The second-order valence-corrected chi connectivity index (χ2v) is 7.25. The molecule has 0 fully saturated rings. The zero-order valence-corrected chi connectivity index (χ0v) is 15.8. The van der Waals surface area contributed by atoms with Gasteiger partial charge in [0, 0.05) is 11.3 Å². The summed E-state index contributed by atoms with van der Waals surface area (Å²) < 4.78 is 1.60. The molecule has 28 heavy (non-hydrogen) atoms. The van der Waals surface area contributed by atoms with Gasteiger partial charge < -0.3 is 10.6 Å². The van der Waals surface area contributed by atoms with Crippen molar-refractivity contribution in [3.8, 4) is 11.1 Å². The van der Waals surface area contributed by atoms with Crippen LogP contribution in [0.15, 0.2) is 60.8 Å². The second kappa shape index (κ2) is 7.31.